The highest BCUT2D eigenvalue weighted by atomic mass is 16.8. The number of hydrogen-bond donors (Lipinski definition) is 0. The fraction of sp³-hybridized carbons (Fsp3) is 0.357. The van der Waals surface area contributed by atoms with Crippen LogP contribution in [0.2, 0.25) is 0 Å². The quantitative estimate of drug-likeness (QED) is 0.423. The fourth-order valence-corrected chi connectivity index (χ4v) is 4.06. The zero-order chi connectivity index (χ0) is 22.3. The van der Waals surface area contributed by atoms with Crippen LogP contribution in [0.5, 0.6) is 11.5 Å². The van der Waals surface area contributed by atoms with Crippen LogP contribution in [0.25, 0.3) is 0 Å². The Balaban J connectivity index is 1.32. The maximum Gasteiger partial charge on any atom is 0.223 e. The van der Waals surface area contributed by atoms with Crippen molar-refractivity contribution in [3.8, 4) is 11.5 Å². The Hall–Kier alpha value is -2.82. The van der Waals surface area contributed by atoms with Crippen molar-refractivity contribution in [1.82, 2.24) is 0 Å². The molecule has 4 heteroatoms. The van der Waals surface area contributed by atoms with Crippen LogP contribution in [0.4, 0.5) is 0 Å². The lowest BCUT2D eigenvalue weighted by molar-refractivity contribution is 0.179. The predicted octanol–water partition coefficient (Wildman–Crippen LogP) is 5.81. The molecule has 0 N–H and O–H groups in total. The van der Waals surface area contributed by atoms with E-state index in [4.69, 9.17) is 18.9 Å². The zero-order valence-corrected chi connectivity index (χ0v) is 19.1. The molecule has 2 aliphatic rings. The highest BCUT2D eigenvalue weighted by Gasteiger charge is 2.28. The average molecular weight is 431 g/mol. The van der Waals surface area contributed by atoms with Crippen LogP contribution in [-0.2, 0) is 20.3 Å². The van der Waals surface area contributed by atoms with E-state index < -0.39 is 0 Å². The molecule has 0 amide bonds. The Morgan fingerprint density at radius 2 is 0.781 bits per heavy atom. The van der Waals surface area contributed by atoms with Crippen LogP contribution in [-0.4, -0.2) is 25.8 Å². The summed E-state index contributed by atoms with van der Waals surface area (Å²) in [4.78, 5) is 0. The van der Waals surface area contributed by atoms with Crippen LogP contribution in [0.1, 0.15) is 49.9 Å². The molecule has 0 spiro atoms. The molecule has 2 fully saturated rings. The first kappa shape index (κ1) is 21.0. The summed E-state index contributed by atoms with van der Waals surface area (Å²) in [5.74, 6) is 1.70. The molecule has 32 heavy (non-hydrogen) atoms. The van der Waals surface area contributed by atoms with Crippen molar-refractivity contribution in [2.24, 2.45) is 0 Å². The van der Waals surface area contributed by atoms with E-state index in [0.29, 0.717) is 13.2 Å². The van der Waals surface area contributed by atoms with Crippen LogP contribution >= 0.6 is 0 Å². The minimum absolute atomic E-state index is 0.0688. The van der Waals surface area contributed by atoms with Gasteiger partial charge in [0.15, 0.2) is 0 Å². The van der Waals surface area contributed by atoms with Gasteiger partial charge >= 0.3 is 0 Å². The lowest BCUT2D eigenvalue weighted by Crippen LogP contribution is -2.21. The lowest BCUT2D eigenvalue weighted by atomic mass is 9.74. The molecule has 4 nitrogen and oxygen atoms in total. The summed E-state index contributed by atoms with van der Waals surface area (Å²) in [7, 11) is 0. The third kappa shape index (κ3) is 4.38. The van der Waals surface area contributed by atoms with Gasteiger partial charge in [0.1, 0.15) is 24.7 Å². The third-order valence-corrected chi connectivity index (χ3v) is 6.62. The van der Waals surface area contributed by atoms with Crippen molar-refractivity contribution in [3.05, 3.63) is 95.1 Å². The van der Waals surface area contributed by atoms with Gasteiger partial charge in [0, 0.05) is 10.8 Å². The molecule has 3 aromatic rings. The summed E-state index contributed by atoms with van der Waals surface area (Å²) in [6.45, 7) is 10.4. The number of rotatable bonds is 8. The highest BCUT2D eigenvalue weighted by Crippen LogP contribution is 2.37. The maximum absolute atomic E-state index is 5.69. The predicted molar refractivity (Wildman–Crippen MR) is 124 cm³/mol. The molecule has 2 aliphatic heterocycles. The molecule has 0 aromatic heterocycles. The molecule has 166 valence electrons. The van der Waals surface area contributed by atoms with E-state index in [1.54, 1.807) is 0 Å². The first-order chi connectivity index (χ1) is 15.3. The first-order valence-electron chi connectivity index (χ1n) is 11.2. The Kier molecular flexibility index (Phi) is 5.23. The van der Waals surface area contributed by atoms with Crippen molar-refractivity contribution < 1.29 is 18.9 Å². The third-order valence-electron chi connectivity index (χ3n) is 6.62. The van der Waals surface area contributed by atoms with Gasteiger partial charge in [0.2, 0.25) is 12.6 Å². The van der Waals surface area contributed by atoms with E-state index in [2.05, 4.69) is 76.2 Å². The molecule has 0 saturated carbocycles. The van der Waals surface area contributed by atoms with Crippen molar-refractivity contribution in [2.45, 2.75) is 51.1 Å². The number of epoxide rings is 2. The second kappa shape index (κ2) is 7.95. The van der Waals surface area contributed by atoms with E-state index in [1.807, 2.05) is 24.3 Å². The fourth-order valence-electron chi connectivity index (χ4n) is 4.06. The van der Waals surface area contributed by atoms with E-state index in [9.17, 15) is 0 Å². The maximum atomic E-state index is 5.69. The van der Waals surface area contributed by atoms with E-state index in [1.165, 1.54) is 22.3 Å². The Bertz CT molecular complexity index is 969. The SMILES string of the molecule is CC(C)(c1ccc(OC2CO2)cc1)c1ccc(C(C)(C)c2ccc(OC3CO3)cc2)cc1. The number of benzene rings is 3. The van der Waals surface area contributed by atoms with Crippen molar-refractivity contribution >= 4 is 0 Å². The summed E-state index contributed by atoms with van der Waals surface area (Å²) in [6, 6.07) is 25.7. The zero-order valence-electron chi connectivity index (χ0n) is 19.1. The molecule has 3 aromatic carbocycles. The molecule has 5 rings (SSSR count). The van der Waals surface area contributed by atoms with Crippen molar-refractivity contribution in [1.29, 1.82) is 0 Å². The van der Waals surface area contributed by atoms with Gasteiger partial charge in [-0.2, -0.15) is 0 Å². The van der Waals surface area contributed by atoms with Crippen molar-refractivity contribution in [2.75, 3.05) is 13.2 Å². The molecule has 2 saturated heterocycles. The normalized spacial score (nSPS) is 20.0. The molecular weight excluding hydrogens is 400 g/mol. The summed E-state index contributed by atoms with van der Waals surface area (Å²) < 4.78 is 21.7. The van der Waals surface area contributed by atoms with E-state index >= 15 is 0 Å². The summed E-state index contributed by atoms with van der Waals surface area (Å²) in [5.41, 5.74) is 4.85. The topological polar surface area (TPSA) is 43.5 Å². The van der Waals surface area contributed by atoms with Crippen molar-refractivity contribution in [3.63, 3.8) is 0 Å². The lowest BCUT2D eigenvalue weighted by Gasteiger charge is -2.29. The second-order valence-corrected chi connectivity index (χ2v) is 9.64. The minimum atomic E-state index is -0.110. The largest absolute Gasteiger partial charge is 0.462 e. The average Bonchev–Trinajstić information content (AvgIpc) is 3.72. The van der Waals surface area contributed by atoms with Gasteiger partial charge in [0.05, 0.1) is 0 Å². The van der Waals surface area contributed by atoms with Crippen LogP contribution in [0.15, 0.2) is 72.8 Å². The molecule has 0 radical (unpaired) electrons. The summed E-state index contributed by atoms with van der Waals surface area (Å²) in [5, 5.41) is 0. The second-order valence-electron chi connectivity index (χ2n) is 9.64. The molecular formula is C28H30O4. The first-order valence-corrected chi connectivity index (χ1v) is 11.2. The Morgan fingerprint density at radius 1 is 0.531 bits per heavy atom. The molecule has 2 unspecified atom stereocenters. The standard InChI is InChI=1S/C28H30O4/c1-27(2,21-9-13-23(14-10-21)31-25-17-29-25)19-5-7-20(8-6-19)28(3,4)22-11-15-24(16-12-22)32-26-18-30-26/h5-16,25-26H,17-18H2,1-4H3. The molecule has 0 bridgehead atoms. The van der Waals surface area contributed by atoms with E-state index in [0.717, 1.165) is 11.5 Å². The van der Waals surface area contributed by atoms with Gasteiger partial charge in [-0.15, -0.1) is 0 Å². The van der Waals surface area contributed by atoms with Gasteiger partial charge in [-0.25, -0.2) is 0 Å². The van der Waals surface area contributed by atoms with Gasteiger partial charge in [0.25, 0.3) is 0 Å². The van der Waals surface area contributed by atoms with Gasteiger partial charge in [-0.3, -0.25) is 0 Å². The van der Waals surface area contributed by atoms with Gasteiger partial charge in [-0.1, -0.05) is 76.2 Å². The van der Waals surface area contributed by atoms with Crippen LogP contribution in [0, 0.1) is 0 Å². The Morgan fingerprint density at radius 3 is 1.03 bits per heavy atom. The van der Waals surface area contributed by atoms with Gasteiger partial charge in [-0.05, 0) is 46.5 Å². The molecule has 0 aliphatic carbocycles. The number of ether oxygens (including phenoxy) is 4. The van der Waals surface area contributed by atoms with Crippen LogP contribution < -0.4 is 9.47 Å². The highest BCUT2D eigenvalue weighted by molar-refractivity contribution is 5.45. The molecule has 2 heterocycles. The minimum Gasteiger partial charge on any atom is -0.462 e. The molecule has 2 atom stereocenters. The summed E-state index contributed by atoms with van der Waals surface area (Å²) in [6.07, 6.45) is -0.138. The summed E-state index contributed by atoms with van der Waals surface area (Å²) >= 11 is 0. The Labute approximate surface area is 190 Å². The monoisotopic (exact) mass is 430 g/mol. The van der Waals surface area contributed by atoms with Gasteiger partial charge < -0.3 is 18.9 Å². The number of hydrogen-bond acceptors (Lipinski definition) is 4. The van der Waals surface area contributed by atoms with Crippen LogP contribution in [0.3, 0.4) is 0 Å². The smallest absolute Gasteiger partial charge is 0.223 e. The van der Waals surface area contributed by atoms with E-state index in [-0.39, 0.29) is 23.4 Å².